The first kappa shape index (κ1) is 22.8. The van der Waals surface area contributed by atoms with Crippen molar-refractivity contribution in [3.63, 3.8) is 0 Å². The van der Waals surface area contributed by atoms with Gasteiger partial charge in [-0.3, -0.25) is 14.4 Å². The van der Waals surface area contributed by atoms with Crippen LogP contribution in [-0.2, 0) is 19.1 Å². The Kier molecular flexibility index (Phi) is 5.67. The summed E-state index contributed by atoms with van der Waals surface area (Å²) in [6.45, 7) is 3.92. The van der Waals surface area contributed by atoms with Crippen LogP contribution < -0.4 is 9.80 Å². The number of rotatable bonds is 5. The molecule has 3 aromatic rings. The summed E-state index contributed by atoms with van der Waals surface area (Å²) < 4.78 is 5.06. The zero-order valence-corrected chi connectivity index (χ0v) is 20.0. The molecule has 0 N–H and O–H groups in total. The lowest BCUT2D eigenvalue weighted by molar-refractivity contribution is -0.142. The van der Waals surface area contributed by atoms with Gasteiger partial charge in [-0.2, -0.15) is 0 Å². The van der Waals surface area contributed by atoms with Crippen LogP contribution in [0.15, 0.2) is 84.9 Å². The Balaban J connectivity index is 1.73. The van der Waals surface area contributed by atoms with Crippen LogP contribution in [0.3, 0.4) is 0 Å². The summed E-state index contributed by atoms with van der Waals surface area (Å²) in [5, 5.41) is 0. The van der Waals surface area contributed by atoms with Gasteiger partial charge in [0.25, 0.3) is 0 Å². The first-order valence-electron chi connectivity index (χ1n) is 11.8. The minimum atomic E-state index is -0.981. The van der Waals surface area contributed by atoms with E-state index < -0.39 is 29.4 Å². The minimum Gasteiger partial charge on any atom is -0.469 e. The van der Waals surface area contributed by atoms with Crippen LogP contribution in [0.2, 0.25) is 0 Å². The molecule has 0 aliphatic carbocycles. The number of amides is 2. The highest BCUT2D eigenvalue weighted by Gasteiger charge is 2.68. The molecule has 0 radical (unpaired) electrons. The summed E-state index contributed by atoms with van der Waals surface area (Å²) in [6.07, 6.45) is -0.0242. The van der Waals surface area contributed by atoms with Crippen LogP contribution in [0.1, 0.15) is 30.5 Å². The third-order valence-corrected chi connectivity index (χ3v) is 7.39. The molecule has 5 rings (SSSR count). The number of esters is 1. The van der Waals surface area contributed by atoms with Crippen LogP contribution in [-0.4, -0.2) is 30.4 Å². The maximum atomic E-state index is 14.0. The average Bonchev–Trinajstić information content (AvgIpc) is 3.29. The molecule has 2 saturated heterocycles. The number of carbonyl (C=O) groups is 3. The fraction of sp³-hybridized carbons (Fsp3) is 0.276. The lowest BCUT2D eigenvalue weighted by Gasteiger charge is -2.42. The van der Waals surface area contributed by atoms with Crippen LogP contribution in [0.5, 0.6) is 0 Å². The molecule has 0 saturated carbocycles. The van der Waals surface area contributed by atoms with Crippen molar-refractivity contribution in [2.75, 3.05) is 16.9 Å². The van der Waals surface area contributed by atoms with Crippen molar-refractivity contribution in [1.82, 2.24) is 0 Å². The molecule has 6 nitrogen and oxygen atoms in total. The van der Waals surface area contributed by atoms with Gasteiger partial charge in [-0.05, 0) is 43.7 Å². The van der Waals surface area contributed by atoms with E-state index in [0.29, 0.717) is 5.69 Å². The number of hydrogen-bond donors (Lipinski definition) is 0. The fourth-order valence-corrected chi connectivity index (χ4v) is 5.85. The number of imide groups is 1. The number of hydrogen-bond acceptors (Lipinski definition) is 5. The van der Waals surface area contributed by atoms with E-state index >= 15 is 0 Å². The van der Waals surface area contributed by atoms with E-state index in [-0.39, 0.29) is 18.2 Å². The van der Waals surface area contributed by atoms with Crippen LogP contribution >= 0.6 is 0 Å². The molecule has 0 spiro atoms. The van der Waals surface area contributed by atoms with Crippen molar-refractivity contribution in [3.05, 3.63) is 96.1 Å². The summed E-state index contributed by atoms with van der Waals surface area (Å²) in [6, 6.07) is 26.3. The number of methoxy groups -OCH3 is 1. The summed E-state index contributed by atoms with van der Waals surface area (Å²) in [5.41, 5.74) is 2.45. The molecular weight excluding hydrogens is 440 g/mol. The fourth-order valence-electron chi connectivity index (χ4n) is 5.85. The number of anilines is 2. The highest BCUT2D eigenvalue weighted by molar-refractivity contribution is 6.23. The molecule has 4 atom stereocenters. The van der Waals surface area contributed by atoms with Crippen LogP contribution in [0.25, 0.3) is 0 Å². The van der Waals surface area contributed by atoms with Gasteiger partial charge in [-0.1, -0.05) is 66.2 Å². The molecule has 0 bridgehead atoms. The predicted molar refractivity (Wildman–Crippen MR) is 134 cm³/mol. The maximum absolute atomic E-state index is 14.0. The summed E-state index contributed by atoms with van der Waals surface area (Å²) in [4.78, 5) is 44.2. The van der Waals surface area contributed by atoms with E-state index in [1.165, 1.54) is 12.0 Å². The van der Waals surface area contributed by atoms with Gasteiger partial charge in [0.1, 0.15) is 0 Å². The van der Waals surface area contributed by atoms with Crippen molar-refractivity contribution in [3.8, 4) is 0 Å². The van der Waals surface area contributed by atoms with E-state index in [1.807, 2.05) is 86.6 Å². The second-order valence-corrected chi connectivity index (χ2v) is 9.52. The summed E-state index contributed by atoms with van der Waals surface area (Å²) in [5.74, 6) is -2.32. The molecule has 3 aromatic carbocycles. The first-order chi connectivity index (χ1) is 16.9. The highest BCUT2D eigenvalue weighted by atomic mass is 16.5. The Hall–Kier alpha value is -3.93. The van der Waals surface area contributed by atoms with Gasteiger partial charge >= 0.3 is 5.97 Å². The Labute approximate surface area is 205 Å². The summed E-state index contributed by atoms with van der Waals surface area (Å²) in [7, 11) is 1.35. The topological polar surface area (TPSA) is 66.9 Å². The van der Waals surface area contributed by atoms with Crippen molar-refractivity contribution < 1.29 is 19.1 Å². The number of carbonyl (C=O) groups excluding carboxylic acids is 3. The molecule has 6 heteroatoms. The van der Waals surface area contributed by atoms with Gasteiger partial charge in [-0.15, -0.1) is 0 Å². The van der Waals surface area contributed by atoms with Gasteiger partial charge in [0.2, 0.25) is 11.8 Å². The van der Waals surface area contributed by atoms with Gasteiger partial charge in [0, 0.05) is 5.69 Å². The zero-order valence-electron chi connectivity index (χ0n) is 20.0. The molecule has 2 aliphatic rings. The number of aryl methyl sites for hydroxylation is 1. The average molecular weight is 469 g/mol. The van der Waals surface area contributed by atoms with Crippen LogP contribution in [0, 0.1) is 18.8 Å². The minimum absolute atomic E-state index is 0.0242. The Bertz CT molecular complexity index is 1260. The lowest BCUT2D eigenvalue weighted by atomic mass is 9.78. The molecule has 178 valence electrons. The maximum Gasteiger partial charge on any atom is 0.307 e. The van der Waals surface area contributed by atoms with E-state index in [2.05, 4.69) is 4.90 Å². The molecule has 2 aliphatic heterocycles. The van der Waals surface area contributed by atoms with Crippen LogP contribution in [0.4, 0.5) is 11.4 Å². The van der Waals surface area contributed by atoms with Crippen molar-refractivity contribution in [2.45, 2.75) is 31.8 Å². The van der Waals surface area contributed by atoms with Crippen molar-refractivity contribution in [2.24, 2.45) is 11.8 Å². The lowest BCUT2D eigenvalue weighted by Crippen LogP contribution is -2.52. The predicted octanol–water partition coefficient (Wildman–Crippen LogP) is 4.68. The molecule has 0 unspecified atom stereocenters. The third-order valence-electron chi connectivity index (χ3n) is 7.39. The number of ether oxygens (including phenoxy) is 1. The Morgan fingerprint density at radius 2 is 1.43 bits per heavy atom. The molecular formula is C29H28N2O4. The van der Waals surface area contributed by atoms with Gasteiger partial charge < -0.3 is 9.64 Å². The zero-order chi connectivity index (χ0) is 24.7. The molecule has 2 amide bonds. The third kappa shape index (κ3) is 3.60. The van der Waals surface area contributed by atoms with Gasteiger partial charge in [0.05, 0.1) is 42.6 Å². The Morgan fingerprint density at radius 3 is 2.00 bits per heavy atom. The van der Waals surface area contributed by atoms with E-state index in [4.69, 9.17) is 4.74 Å². The number of para-hydroxylation sites is 2. The smallest absolute Gasteiger partial charge is 0.307 e. The van der Waals surface area contributed by atoms with Gasteiger partial charge in [-0.25, -0.2) is 4.90 Å². The van der Waals surface area contributed by atoms with Gasteiger partial charge in [0.15, 0.2) is 0 Å². The molecule has 2 fully saturated rings. The second kappa shape index (κ2) is 8.69. The quantitative estimate of drug-likeness (QED) is 0.402. The molecule has 35 heavy (non-hydrogen) atoms. The standard InChI is InChI=1S/C29H28N2O4/c1-19-14-16-20(17-15-19)26-24-25(28(34)30(27(24)33)21-10-6-4-7-11-21)29(2,18-23(32)35-3)31(26)22-12-8-5-9-13-22/h4-17,24-26H,18H2,1-3H3/t24-,25-,26+,29-/m0/s1. The second-order valence-electron chi connectivity index (χ2n) is 9.52. The SMILES string of the molecule is COC(=O)C[C@@]1(C)[C@@H]2C(=O)N(c3ccccc3)C(=O)[C@@H]2[C@@H](c2ccc(C)cc2)N1c1ccccc1. The number of fused-ring (bicyclic) bond motifs is 1. The summed E-state index contributed by atoms with van der Waals surface area (Å²) >= 11 is 0. The monoisotopic (exact) mass is 468 g/mol. The van der Waals surface area contributed by atoms with E-state index in [1.54, 1.807) is 12.1 Å². The largest absolute Gasteiger partial charge is 0.469 e. The number of nitrogens with zero attached hydrogens (tertiary/aromatic N) is 2. The molecule has 0 aromatic heterocycles. The molecule has 2 heterocycles. The van der Waals surface area contributed by atoms with E-state index in [9.17, 15) is 14.4 Å². The van der Waals surface area contributed by atoms with E-state index in [0.717, 1.165) is 16.8 Å². The highest BCUT2D eigenvalue weighted by Crippen LogP contribution is 2.58. The Morgan fingerprint density at radius 1 is 0.857 bits per heavy atom. The number of benzene rings is 3. The normalized spacial score (nSPS) is 25.6. The first-order valence-corrected chi connectivity index (χ1v) is 11.8. The van der Waals surface area contributed by atoms with Crippen molar-refractivity contribution >= 4 is 29.2 Å². The van der Waals surface area contributed by atoms with Crippen molar-refractivity contribution in [1.29, 1.82) is 0 Å².